The third kappa shape index (κ3) is 3.17. The van der Waals surface area contributed by atoms with Crippen LogP contribution in [0.5, 0.6) is 0 Å². The topological polar surface area (TPSA) is 124 Å². The normalized spacial score (nSPS) is 16.8. The van der Waals surface area contributed by atoms with Crippen molar-refractivity contribution in [2.24, 2.45) is 5.73 Å². The molecule has 1 saturated heterocycles. The second-order valence-corrected chi connectivity index (χ2v) is 5.39. The highest BCUT2D eigenvalue weighted by molar-refractivity contribution is 7.18. The van der Waals surface area contributed by atoms with Gasteiger partial charge in [0.25, 0.3) is 5.91 Å². The number of anilines is 2. The molecular formula is C11H17N5O3S. The minimum Gasteiger partial charge on any atom is -0.382 e. The van der Waals surface area contributed by atoms with Gasteiger partial charge < -0.3 is 26.4 Å². The highest BCUT2D eigenvalue weighted by Crippen LogP contribution is 2.28. The first-order chi connectivity index (χ1) is 9.49. The van der Waals surface area contributed by atoms with E-state index in [2.05, 4.69) is 10.3 Å². The van der Waals surface area contributed by atoms with E-state index < -0.39 is 17.9 Å². The van der Waals surface area contributed by atoms with Gasteiger partial charge in [-0.25, -0.2) is 4.98 Å². The zero-order chi connectivity index (χ0) is 14.7. The Labute approximate surface area is 120 Å². The fourth-order valence-electron chi connectivity index (χ4n) is 1.71. The molecule has 0 saturated carbocycles. The van der Waals surface area contributed by atoms with E-state index in [-0.39, 0.29) is 5.82 Å². The van der Waals surface area contributed by atoms with Crippen LogP contribution in [-0.2, 0) is 9.53 Å². The van der Waals surface area contributed by atoms with Crippen molar-refractivity contribution in [3.63, 3.8) is 0 Å². The van der Waals surface area contributed by atoms with Crippen molar-refractivity contribution in [1.82, 2.24) is 10.3 Å². The Morgan fingerprint density at radius 2 is 2.10 bits per heavy atom. The minimum absolute atomic E-state index is 0.158. The molecule has 0 spiro atoms. The maximum atomic E-state index is 12.0. The standard InChI is InChI=1S/C11H17N5O3S/c1-6(9(13)17)14-10(18)7-8(12)15-11(20-7)16-2-4-19-5-3-16/h6H,2-5,12H2,1H3,(H2,13,17)(H,14,18). The molecule has 1 atom stereocenters. The molecule has 2 heterocycles. The predicted molar refractivity (Wildman–Crippen MR) is 75.7 cm³/mol. The largest absolute Gasteiger partial charge is 0.382 e. The van der Waals surface area contributed by atoms with Crippen LogP contribution in [0.15, 0.2) is 0 Å². The number of nitrogen functional groups attached to an aromatic ring is 1. The van der Waals surface area contributed by atoms with Crippen molar-refractivity contribution in [3.8, 4) is 0 Å². The Morgan fingerprint density at radius 1 is 1.45 bits per heavy atom. The molecule has 0 aromatic carbocycles. The summed E-state index contributed by atoms with van der Waals surface area (Å²) in [5, 5.41) is 3.17. The van der Waals surface area contributed by atoms with E-state index in [4.69, 9.17) is 16.2 Å². The lowest BCUT2D eigenvalue weighted by Gasteiger charge is -2.25. The summed E-state index contributed by atoms with van der Waals surface area (Å²) in [6.07, 6.45) is 0. The van der Waals surface area contributed by atoms with Crippen LogP contribution in [0.4, 0.5) is 10.9 Å². The van der Waals surface area contributed by atoms with Crippen LogP contribution in [0.2, 0.25) is 0 Å². The third-order valence-corrected chi connectivity index (χ3v) is 4.04. The second kappa shape index (κ2) is 6.06. The first-order valence-corrected chi connectivity index (χ1v) is 7.00. The molecule has 1 aliphatic heterocycles. The number of nitrogens with one attached hydrogen (secondary N) is 1. The zero-order valence-corrected chi connectivity index (χ0v) is 11.9. The van der Waals surface area contributed by atoms with Gasteiger partial charge in [-0.2, -0.15) is 0 Å². The first kappa shape index (κ1) is 14.5. The lowest BCUT2D eigenvalue weighted by atomic mass is 10.3. The summed E-state index contributed by atoms with van der Waals surface area (Å²) in [6.45, 7) is 4.19. The van der Waals surface area contributed by atoms with Gasteiger partial charge in [0, 0.05) is 13.1 Å². The van der Waals surface area contributed by atoms with Gasteiger partial charge in [-0.1, -0.05) is 11.3 Å². The summed E-state index contributed by atoms with van der Waals surface area (Å²) in [7, 11) is 0. The molecule has 2 rings (SSSR count). The maximum Gasteiger partial charge on any atom is 0.265 e. The number of morpholine rings is 1. The monoisotopic (exact) mass is 299 g/mol. The van der Waals surface area contributed by atoms with Crippen LogP contribution in [0.1, 0.15) is 16.6 Å². The molecule has 1 fully saturated rings. The van der Waals surface area contributed by atoms with Crippen LogP contribution in [0, 0.1) is 0 Å². The van der Waals surface area contributed by atoms with Gasteiger partial charge in [-0.15, -0.1) is 0 Å². The lowest BCUT2D eigenvalue weighted by molar-refractivity contribution is -0.119. The Morgan fingerprint density at radius 3 is 2.70 bits per heavy atom. The van der Waals surface area contributed by atoms with E-state index >= 15 is 0 Å². The van der Waals surface area contributed by atoms with Crippen LogP contribution in [-0.4, -0.2) is 49.1 Å². The molecule has 20 heavy (non-hydrogen) atoms. The highest BCUT2D eigenvalue weighted by atomic mass is 32.1. The molecule has 9 heteroatoms. The maximum absolute atomic E-state index is 12.0. The number of aromatic nitrogens is 1. The van der Waals surface area contributed by atoms with Crippen LogP contribution >= 0.6 is 11.3 Å². The average molecular weight is 299 g/mol. The summed E-state index contributed by atoms with van der Waals surface area (Å²) >= 11 is 1.20. The number of nitrogens with zero attached hydrogens (tertiary/aromatic N) is 2. The molecule has 0 radical (unpaired) electrons. The second-order valence-electron chi connectivity index (χ2n) is 4.41. The van der Waals surface area contributed by atoms with Crippen LogP contribution < -0.4 is 21.7 Å². The van der Waals surface area contributed by atoms with E-state index in [1.165, 1.54) is 18.3 Å². The molecule has 1 aromatic heterocycles. The van der Waals surface area contributed by atoms with Gasteiger partial charge in [0.1, 0.15) is 16.7 Å². The summed E-state index contributed by atoms with van der Waals surface area (Å²) < 4.78 is 5.26. The lowest BCUT2D eigenvalue weighted by Crippen LogP contribution is -2.42. The fraction of sp³-hybridized carbons (Fsp3) is 0.545. The summed E-state index contributed by atoms with van der Waals surface area (Å²) in [6, 6.07) is -0.754. The van der Waals surface area contributed by atoms with Crippen molar-refractivity contribution in [1.29, 1.82) is 0 Å². The quantitative estimate of drug-likeness (QED) is 0.666. The smallest absolute Gasteiger partial charge is 0.265 e. The zero-order valence-electron chi connectivity index (χ0n) is 11.1. The van der Waals surface area contributed by atoms with Crippen LogP contribution in [0.25, 0.3) is 0 Å². The third-order valence-electron chi connectivity index (χ3n) is 2.90. The number of ether oxygens (including phenoxy) is 1. The van der Waals surface area contributed by atoms with Gasteiger partial charge in [0.05, 0.1) is 13.2 Å². The van der Waals surface area contributed by atoms with Gasteiger partial charge in [-0.3, -0.25) is 9.59 Å². The number of carbonyl (C=O) groups is 2. The number of carbonyl (C=O) groups excluding carboxylic acids is 2. The van der Waals surface area contributed by atoms with Crippen LogP contribution in [0.3, 0.4) is 0 Å². The number of nitrogens with two attached hydrogens (primary N) is 2. The first-order valence-electron chi connectivity index (χ1n) is 6.18. The molecule has 0 bridgehead atoms. The Balaban J connectivity index is 2.10. The minimum atomic E-state index is -0.754. The van der Waals surface area contributed by atoms with E-state index in [0.717, 1.165) is 0 Å². The number of amides is 2. The van der Waals surface area contributed by atoms with Gasteiger partial charge in [-0.05, 0) is 6.92 Å². The van der Waals surface area contributed by atoms with Crippen molar-refractivity contribution >= 4 is 34.1 Å². The van der Waals surface area contributed by atoms with E-state index in [0.29, 0.717) is 36.3 Å². The molecule has 5 N–H and O–H groups in total. The molecule has 1 unspecified atom stereocenters. The van der Waals surface area contributed by atoms with Crippen molar-refractivity contribution in [2.45, 2.75) is 13.0 Å². The fourth-order valence-corrected chi connectivity index (χ4v) is 2.65. The number of thiazole rings is 1. The SMILES string of the molecule is CC(NC(=O)c1sc(N2CCOCC2)nc1N)C(N)=O. The molecular weight excluding hydrogens is 282 g/mol. The van der Waals surface area contributed by atoms with Gasteiger partial charge in [0.15, 0.2) is 5.13 Å². The molecule has 8 nitrogen and oxygen atoms in total. The predicted octanol–water partition coefficient (Wildman–Crippen LogP) is -0.834. The van der Waals surface area contributed by atoms with E-state index in [1.807, 2.05) is 4.90 Å². The Kier molecular flexibility index (Phi) is 4.40. The number of hydrogen-bond donors (Lipinski definition) is 3. The highest BCUT2D eigenvalue weighted by Gasteiger charge is 2.22. The van der Waals surface area contributed by atoms with Crippen molar-refractivity contribution in [2.75, 3.05) is 36.9 Å². The van der Waals surface area contributed by atoms with E-state index in [9.17, 15) is 9.59 Å². The van der Waals surface area contributed by atoms with E-state index in [1.54, 1.807) is 0 Å². The van der Waals surface area contributed by atoms with Gasteiger partial charge in [0.2, 0.25) is 5.91 Å². The molecule has 110 valence electrons. The Bertz CT molecular complexity index is 512. The average Bonchev–Trinajstić information content (AvgIpc) is 2.81. The number of primary amides is 1. The van der Waals surface area contributed by atoms with Crippen molar-refractivity contribution in [3.05, 3.63) is 4.88 Å². The summed E-state index contributed by atoms with van der Waals surface area (Å²) in [5.41, 5.74) is 10.9. The number of hydrogen-bond acceptors (Lipinski definition) is 7. The van der Waals surface area contributed by atoms with Crippen molar-refractivity contribution < 1.29 is 14.3 Å². The molecule has 0 aliphatic carbocycles. The Hall–Kier alpha value is -1.87. The summed E-state index contributed by atoms with van der Waals surface area (Å²) in [4.78, 5) is 29.5. The molecule has 2 amide bonds. The number of rotatable bonds is 4. The molecule has 1 aliphatic rings. The molecule has 1 aromatic rings. The summed E-state index contributed by atoms with van der Waals surface area (Å²) in [5.74, 6) is -0.883. The van der Waals surface area contributed by atoms with Gasteiger partial charge >= 0.3 is 0 Å².